The molecule has 1 aromatic carbocycles. The standard InChI is InChI=1S/C19H20FN5OS.ClH/c20-13-5-2-6-14(10-13)25-18(16-8-3-9-27-16)23-17(24-25)19(26)22-15-7-1-4-12(15)11-21;/h2-3,5-6,8-10,12,15H,1,4,7,11,21H2,(H,22,26);1H. The maximum Gasteiger partial charge on any atom is 0.291 e. The average molecular weight is 422 g/mol. The normalized spacial score (nSPS) is 18.6. The minimum Gasteiger partial charge on any atom is -0.346 e. The van der Waals surface area contributed by atoms with Crippen LogP contribution in [0.1, 0.15) is 29.9 Å². The van der Waals surface area contributed by atoms with E-state index in [1.807, 2.05) is 17.5 Å². The molecule has 6 nitrogen and oxygen atoms in total. The van der Waals surface area contributed by atoms with E-state index in [1.165, 1.54) is 28.2 Å². The number of nitrogens with zero attached hydrogens (tertiary/aromatic N) is 3. The lowest BCUT2D eigenvalue weighted by atomic mass is 10.0. The fraction of sp³-hybridized carbons (Fsp3) is 0.316. The molecule has 2 aromatic heterocycles. The van der Waals surface area contributed by atoms with Crippen molar-refractivity contribution in [2.24, 2.45) is 11.7 Å². The zero-order chi connectivity index (χ0) is 18.8. The number of benzene rings is 1. The summed E-state index contributed by atoms with van der Waals surface area (Å²) in [6.07, 6.45) is 2.99. The number of carbonyl (C=O) groups is 1. The van der Waals surface area contributed by atoms with Gasteiger partial charge in [-0.1, -0.05) is 18.6 Å². The van der Waals surface area contributed by atoms with Crippen LogP contribution < -0.4 is 11.1 Å². The summed E-state index contributed by atoms with van der Waals surface area (Å²) in [5.41, 5.74) is 6.32. The summed E-state index contributed by atoms with van der Waals surface area (Å²) in [5, 5.41) is 9.31. The fourth-order valence-corrected chi connectivity index (χ4v) is 4.20. The Morgan fingerprint density at radius 3 is 2.89 bits per heavy atom. The lowest BCUT2D eigenvalue weighted by molar-refractivity contribution is 0.0918. The summed E-state index contributed by atoms with van der Waals surface area (Å²) in [6, 6.07) is 9.92. The largest absolute Gasteiger partial charge is 0.346 e. The number of aromatic nitrogens is 3. The Morgan fingerprint density at radius 2 is 2.18 bits per heavy atom. The first kappa shape index (κ1) is 20.4. The highest BCUT2D eigenvalue weighted by Crippen LogP contribution is 2.27. The number of hydrogen-bond donors (Lipinski definition) is 2. The number of rotatable bonds is 5. The quantitative estimate of drug-likeness (QED) is 0.661. The van der Waals surface area contributed by atoms with E-state index >= 15 is 0 Å². The summed E-state index contributed by atoms with van der Waals surface area (Å²) in [7, 11) is 0. The molecule has 28 heavy (non-hydrogen) atoms. The highest BCUT2D eigenvalue weighted by molar-refractivity contribution is 7.13. The third kappa shape index (κ3) is 4.09. The fourth-order valence-electron chi connectivity index (χ4n) is 3.50. The van der Waals surface area contributed by atoms with Crippen molar-refractivity contribution in [3.05, 3.63) is 53.4 Å². The topological polar surface area (TPSA) is 85.8 Å². The number of amides is 1. The maximum absolute atomic E-state index is 13.7. The van der Waals surface area contributed by atoms with Crippen LogP contribution in [0.3, 0.4) is 0 Å². The van der Waals surface area contributed by atoms with Gasteiger partial charge < -0.3 is 11.1 Å². The third-order valence-electron chi connectivity index (χ3n) is 4.88. The van der Waals surface area contributed by atoms with Crippen LogP contribution >= 0.6 is 23.7 Å². The molecule has 1 aliphatic rings. The van der Waals surface area contributed by atoms with E-state index in [-0.39, 0.29) is 41.9 Å². The number of carbonyl (C=O) groups excluding carboxylic acids is 1. The summed E-state index contributed by atoms with van der Waals surface area (Å²) in [4.78, 5) is 18.0. The van der Waals surface area contributed by atoms with Gasteiger partial charge in [0, 0.05) is 6.04 Å². The second-order valence-corrected chi connectivity index (χ2v) is 7.58. The van der Waals surface area contributed by atoms with Gasteiger partial charge in [-0.25, -0.2) is 14.1 Å². The summed E-state index contributed by atoms with van der Waals surface area (Å²) >= 11 is 1.49. The minimum atomic E-state index is -0.372. The third-order valence-corrected chi connectivity index (χ3v) is 5.75. The van der Waals surface area contributed by atoms with Crippen LogP contribution in [-0.2, 0) is 0 Å². The van der Waals surface area contributed by atoms with Crippen LogP contribution in [0.2, 0.25) is 0 Å². The predicted octanol–water partition coefficient (Wildman–Crippen LogP) is 3.41. The Kier molecular flexibility index (Phi) is 6.43. The molecule has 0 spiro atoms. The van der Waals surface area contributed by atoms with Gasteiger partial charge in [-0.2, -0.15) is 0 Å². The van der Waals surface area contributed by atoms with E-state index in [1.54, 1.807) is 12.1 Å². The molecular formula is C19H21ClFN5OS. The van der Waals surface area contributed by atoms with Gasteiger partial charge in [0.2, 0.25) is 5.82 Å². The van der Waals surface area contributed by atoms with Crippen molar-refractivity contribution in [1.82, 2.24) is 20.1 Å². The Balaban J connectivity index is 0.00000225. The van der Waals surface area contributed by atoms with Gasteiger partial charge in [-0.3, -0.25) is 4.79 Å². The molecule has 0 aliphatic heterocycles. The van der Waals surface area contributed by atoms with Crippen LogP contribution in [-0.4, -0.2) is 33.3 Å². The van der Waals surface area contributed by atoms with Crippen molar-refractivity contribution in [2.45, 2.75) is 25.3 Å². The van der Waals surface area contributed by atoms with E-state index in [0.717, 1.165) is 24.1 Å². The first-order chi connectivity index (χ1) is 13.2. The van der Waals surface area contributed by atoms with Gasteiger partial charge in [-0.15, -0.1) is 28.8 Å². The number of hydrogen-bond acceptors (Lipinski definition) is 5. The molecule has 9 heteroatoms. The molecule has 2 unspecified atom stereocenters. The van der Waals surface area contributed by atoms with Crippen molar-refractivity contribution >= 4 is 29.7 Å². The number of thiophene rings is 1. The summed E-state index contributed by atoms with van der Waals surface area (Å²) < 4.78 is 15.2. The summed E-state index contributed by atoms with van der Waals surface area (Å²) in [5.74, 6) is 0.181. The van der Waals surface area contributed by atoms with Crippen molar-refractivity contribution in [3.63, 3.8) is 0 Å². The molecule has 0 radical (unpaired) electrons. The molecule has 4 rings (SSSR count). The Labute approximate surface area is 172 Å². The molecule has 0 saturated heterocycles. The maximum atomic E-state index is 13.7. The zero-order valence-electron chi connectivity index (χ0n) is 15.0. The molecule has 1 aliphatic carbocycles. The molecule has 148 valence electrons. The van der Waals surface area contributed by atoms with Gasteiger partial charge in [0.05, 0.1) is 10.6 Å². The first-order valence-corrected chi connectivity index (χ1v) is 9.81. The van der Waals surface area contributed by atoms with Gasteiger partial charge in [-0.05, 0) is 54.9 Å². The molecule has 0 bridgehead atoms. The molecule has 2 atom stereocenters. The SMILES string of the molecule is Cl.NCC1CCCC1NC(=O)c1nc(-c2cccs2)n(-c2cccc(F)c2)n1. The molecule has 1 saturated carbocycles. The van der Waals surface area contributed by atoms with E-state index < -0.39 is 0 Å². The highest BCUT2D eigenvalue weighted by Gasteiger charge is 2.29. The smallest absolute Gasteiger partial charge is 0.291 e. The molecule has 2 heterocycles. The van der Waals surface area contributed by atoms with Gasteiger partial charge in [0.25, 0.3) is 5.91 Å². The van der Waals surface area contributed by atoms with Crippen LogP contribution in [0.25, 0.3) is 16.4 Å². The van der Waals surface area contributed by atoms with Gasteiger partial charge in [0.15, 0.2) is 5.82 Å². The second kappa shape index (κ2) is 8.81. The van der Waals surface area contributed by atoms with Crippen LogP contribution in [0.5, 0.6) is 0 Å². The molecule has 1 fully saturated rings. The van der Waals surface area contributed by atoms with E-state index in [0.29, 0.717) is 18.1 Å². The predicted molar refractivity (Wildman–Crippen MR) is 110 cm³/mol. The Morgan fingerprint density at radius 1 is 1.32 bits per heavy atom. The molecule has 3 aromatic rings. The van der Waals surface area contributed by atoms with E-state index in [2.05, 4.69) is 15.4 Å². The number of nitrogens with one attached hydrogen (secondary N) is 1. The number of nitrogens with two attached hydrogens (primary N) is 1. The Hall–Kier alpha value is -2.29. The van der Waals surface area contributed by atoms with Crippen LogP contribution in [0.15, 0.2) is 41.8 Å². The van der Waals surface area contributed by atoms with Crippen LogP contribution in [0, 0.1) is 11.7 Å². The molecule has 1 amide bonds. The average Bonchev–Trinajstić information content (AvgIpc) is 3.41. The van der Waals surface area contributed by atoms with E-state index in [4.69, 9.17) is 5.73 Å². The van der Waals surface area contributed by atoms with Crippen LogP contribution in [0.4, 0.5) is 4.39 Å². The highest BCUT2D eigenvalue weighted by atomic mass is 35.5. The van der Waals surface area contributed by atoms with Crippen molar-refractivity contribution in [2.75, 3.05) is 6.54 Å². The van der Waals surface area contributed by atoms with Gasteiger partial charge in [0.1, 0.15) is 5.82 Å². The van der Waals surface area contributed by atoms with E-state index in [9.17, 15) is 9.18 Å². The zero-order valence-corrected chi connectivity index (χ0v) is 16.7. The first-order valence-electron chi connectivity index (χ1n) is 8.93. The lowest BCUT2D eigenvalue weighted by Gasteiger charge is -2.18. The summed E-state index contributed by atoms with van der Waals surface area (Å²) in [6.45, 7) is 0.552. The lowest BCUT2D eigenvalue weighted by Crippen LogP contribution is -2.40. The Bertz CT molecular complexity index is 946. The number of halogens is 2. The molecule has 3 N–H and O–H groups in total. The van der Waals surface area contributed by atoms with Crippen molar-refractivity contribution in [3.8, 4) is 16.4 Å². The molecular weight excluding hydrogens is 401 g/mol. The van der Waals surface area contributed by atoms with Crippen molar-refractivity contribution in [1.29, 1.82) is 0 Å². The van der Waals surface area contributed by atoms with Gasteiger partial charge >= 0.3 is 0 Å². The monoisotopic (exact) mass is 421 g/mol. The second-order valence-electron chi connectivity index (χ2n) is 6.63. The van der Waals surface area contributed by atoms with Crippen molar-refractivity contribution < 1.29 is 9.18 Å². The minimum absolute atomic E-state index is 0.